The molecule has 0 amide bonds. The van der Waals surface area contributed by atoms with Gasteiger partial charge in [-0.15, -0.1) is 0 Å². The summed E-state index contributed by atoms with van der Waals surface area (Å²) in [4.78, 5) is 12.0. The zero-order chi connectivity index (χ0) is 24.7. The minimum atomic E-state index is -0.898. The molecule has 0 spiro atoms. The molecule has 1 heterocycles. The number of carboxylic acid groups (broad SMARTS) is 1. The number of nitrogens with one attached hydrogen (secondary N) is 1. The fourth-order valence-corrected chi connectivity index (χ4v) is 5.96. The van der Waals surface area contributed by atoms with Crippen LogP contribution in [0.3, 0.4) is 0 Å². The summed E-state index contributed by atoms with van der Waals surface area (Å²) in [6.45, 7) is 2.32. The molecule has 0 aromatic heterocycles. The van der Waals surface area contributed by atoms with Gasteiger partial charge in [0.1, 0.15) is 6.61 Å². The van der Waals surface area contributed by atoms with E-state index in [9.17, 15) is 9.90 Å². The molecule has 5 nitrogen and oxygen atoms in total. The average molecular weight is 555 g/mol. The number of hydrogen-bond donors (Lipinski definition) is 2. The van der Waals surface area contributed by atoms with Crippen molar-refractivity contribution in [2.75, 3.05) is 12.4 Å². The molecule has 5 rings (SSSR count). The number of ether oxygens (including phenoxy) is 2. The second-order valence-corrected chi connectivity index (χ2v) is 10.2. The molecular weight excluding hydrogens is 530 g/mol. The topological polar surface area (TPSA) is 67.8 Å². The average Bonchev–Trinajstić information content (AvgIpc) is 3.33. The number of fused-ring (bicyclic) bond motifs is 3. The van der Waals surface area contributed by atoms with Crippen LogP contribution in [0.15, 0.2) is 65.2 Å². The van der Waals surface area contributed by atoms with E-state index in [-0.39, 0.29) is 17.9 Å². The number of halogens is 2. The van der Waals surface area contributed by atoms with Crippen LogP contribution in [-0.4, -0.2) is 18.2 Å². The number of rotatable bonds is 6. The standard InChI is InChI=1S/C28H25BrClNO4/c1-15-10-11-20(28(32)33)24-18-7-5-8-19(18)26(31-25(15)24)17-12-21(29)27(23(13-17)34-2)35-14-16-6-3-4-9-22(16)30/h3-7,9-13,18-19,26,31H,8,14H2,1-2H3,(H,32,33)/t18-,19+,26-/m0/s1. The lowest BCUT2D eigenvalue weighted by molar-refractivity contribution is 0.0695. The van der Waals surface area contributed by atoms with Crippen molar-refractivity contribution in [1.82, 2.24) is 0 Å². The molecule has 0 saturated heterocycles. The van der Waals surface area contributed by atoms with Crippen LogP contribution in [0.1, 0.15) is 51.0 Å². The van der Waals surface area contributed by atoms with Crippen molar-refractivity contribution in [3.05, 3.63) is 98.0 Å². The van der Waals surface area contributed by atoms with Gasteiger partial charge in [-0.25, -0.2) is 4.79 Å². The number of hydrogen-bond acceptors (Lipinski definition) is 4. The number of methoxy groups -OCH3 is 1. The summed E-state index contributed by atoms with van der Waals surface area (Å²) in [5.41, 5.74) is 5.10. The lowest BCUT2D eigenvalue weighted by Gasteiger charge is -2.39. The van der Waals surface area contributed by atoms with Crippen molar-refractivity contribution in [2.45, 2.75) is 31.9 Å². The van der Waals surface area contributed by atoms with E-state index in [1.54, 1.807) is 13.2 Å². The minimum Gasteiger partial charge on any atom is -0.493 e. The SMILES string of the molecule is COc1cc([C@@H]2Nc3c(C)ccc(C(=O)O)c3[C@H]3C=CC[C@H]32)cc(Br)c1OCc1ccccc1Cl. The van der Waals surface area contributed by atoms with Crippen LogP contribution in [-0.2, 0) is 6.61 Å². The first-order valence-electron chi connectivity index (χ1n) is 11.4. The molecule has 3 atom stereocenters. The Morgan fingerprint density at radius 1 is 1.23 bits per heavy atom. The van der Waals surface area contributed by atoms with E-state index in [4.69, 9.17) is 21.1 Å². The minimum absolute atomic E-state index is 0.0203. The maximum absolute atomic E-state index is 12.0. The highest BCUT2D eigenvalue weighted by atomic mass is 79.9. The van der Waals surface area contributed by atoms with E-state index in [0.717, 1.165) is 38.8 Å². The monoisotopic (exact) mass is 553 g/mol. The quantitative estimate of drug-likeness (QED) is 0.308. The van der Waals surface area contributed by atoms with Gasteiger partial charge in [0.15, 0.2) is 11.5 Å². The summed E-state index contributed by atoms with van der Waals surface area (Å²) < 4.78 is 12.6. The second kappa shape index (κ2) is 9.59. The molecule has 2 aliphatic rings. The van der Waals surface area contributed by atoms with E-state index in [1.807, 2.05) is 43.3 Å². The fourth-order valence-electron chi connectivity index (χ4n) is 5.20. The fraction of sp³-hybridized carbons (Fsp3) is 0.250. The molecule has 7 heteroatoms. The van der Waals surface area contributed by atoms with Crippen LogP contribution in [0.4, 0.5) is 5.69 Å². The Kier molecular flexibility index (Phi) is 6.51. The Hall–Kier alpha value is -2.96. The summed E-state index contributed by atoms with van der Waals surface area (Å²) >= 11 is 9.98. The van der Waals surface area contributed by atoms with Crippen molar-refractivity contribution < 1.29 is 19.4 Å². The Morgan fingerprint density at radius 3 is 2.77 bits per heavy atom. The number of aryl methyl sites for hydroxylation is 1. The van der Waals surface area contributed by atoms with Gasteiger partial charge in [0, 0.05) is 22.2 Å². The molecule has 0 bridgehead atoms. The Bertz CT molecular complexity index is 1340. The van der Waals surface area contributed by atoms with Crippen molar-refractivity contribution >= 4 is 39.2 Å². The van der Waals surface area contributed by atoms with E-state index in [1.165, 1.54) is 0 Å². The number of anilines is 1. The molecule has 2 N–H and O–H groups in total. The lowest BCUT2D eigenvalue weighted by atomic mass is 9.74. The number of allylic oxidation sites excluding steroid dienone is 2. The first-order valence-corrected chi connectivity index (χ1v) is 12.6. The summed E-state index contributed by atoms with van der Waals surface area (Å²) in [6, 6.07) is 15.2. The van der Waals surface area contributed by atoms with Gasteiger partial charge in [0.2, 0.25) is 0 Å². The zero-order valence-corrected chi connectivity index (χ0v) is 21.7. The van der Waals surface area contributed by atoms with Crippen molar-refractivity contribution in [2.24, 2.45) is 5.92 Å². The van der Waals surface area contributed by atoms with Crippen LogP contribution >= 0.6 is 27.5 Å². The zero-order valence-electron chi connectivity index (χ0n) is 19.3. The molecule has 0 unspecified atom stereocenters. The van der Waals surface area contributed by atoms with Gasteiger partial charge >= 0.3 is 5.97 Å². The maximum Gasteiger partial charge on any atom is 0.336 e. The Morgan fingerprint density at radius 2 is 2.03 bits per heavy atom. The molecule has 180 valence electrons. The van der Waals surface area contributed by atoms with Gasteiger partial charge < -0.3 is 19.9 Å². The number of aromatic carboxylic acids is 1. The predicted octanol–water partition coefficient (Wildman–Crippen LogP) is 7.52. The largest absolute Gasteiger partial charge is 0.493 e. The second-order valence-electron chi connectivity index (χ2n) is 8.91. The van der Waals surface area contributed by atoms with Gasteiger partial charge in [-0.3, -0.25) is 0 Å². The van der Waals surface area contributed by atoms with E-state index < -0.39 is 5.97 Å². The molecule has 1 aliphatic heterocycles. The van der Waals surface area contributed by atoms with Crippen molar-refractivity contribution in [3.8, 4) is 11.5 Å². The highest BCUT2D eigenvalue weighted by Gasteiger charge is 2.41. The Balaban J connectivity index is 1.51. The maximum atomic E-state index is 12.0. The van der Waals surface area contributed by atoms with Gasteiger partial charge in [-0.05, 0) is 76.1 Å². The highest BCUT2D eigenvalue weighted by Crippen LogP contribution is 2.53. The van der Waals surface area contributed by atoms with Gasteiger partial charge in [-0.2, -0.15) is 0 Å². The van der Waals surface area contributed by atoms with Crippen LogP contribution in [0.25, 0.3) is 0 Å². The summed E-state index contributed by atoms with van der Waals surface area (Å²) in [7, 11) is 1.63. The number of carboxylic acids is 1. The van der Waals surface area contributed by atoms with Gasteiger partial charge in [0.05, 0.1) is 23.2 Å². The van der Waals surface area contributed by atoms with Crippen LogP contribution < -0.4 is 14.8 Å². The first-order chi connectivity index (χ1) is 16.9. The van der Waals surface area contributed by atoms with Crippen LogP contribution in [0.5, 0.6) is 11.5 Å². The normalized spacial score (nSPS) is 20.1. The molecule has 1 aliphatic carbocycles. The third-order valence-electron chi connectivity index (χ3n) is 6.90. The van der Waals surface area contributed by atoms with Gasteiger partial charge in [-0.1, -0.05) is 48.0 Å². The molecule has 0 fully saturated rings. The molecule has 35 heavy (non-hydrogen) atoms. The number of benzene rings is 3. The molecule has 0 saturated carbocycles. The molecule has 0 radical (unpaired) electrons. The third-order valence-corrected chi connectivity index (χ3v) is 7.86. The van der Waals surface area contributed by atoms with E-state index in [0.29, 0.717) is 28.7 Å². The van der Waals surface area contributed by atoms with Crippen molar-refractivity contribution in [3.63, 3.8) is 0 Å². The lowest BCUT2D eigenvalue weighted by Crippen LogP contribution is -2.31. The van der Waals surface area contributed by atoms with E-state index >= 15 is 0 Å². The highest BCUT2D eigenvalue weighted by molar-refractivity contribution is 9.10. The molecule has 3 aromatic carbocycles. The summed E-state index contributed by atoms with van der Waals surface area (Å²) in [5, 5.41) is 14.1. The number of carbonyl (C=O) groups is 1. The predicted molar refractivity (Wildman–Crippen MR) is 141 cm³/mol. The summed E-state index contributed by atoms with van der Waals surface area (Å²) in [5.74, 6) is 0.549. The Labute approximate surface area is 217 Å². The van der Waals surface area contributed by atoms with Crippen molar-refractivity contribution in [1.29, 1.82) is 0 Å². The first kappa shape index (κ1) is 23.8. The van der Waals surface area contributed by atoms with E-state index in [2.05, 4.69) is 39.5 Å². The molecule has 3 aromatic rings. The van der Waals surface area contributed by atoms with Crippen LogP contribution in [0.2, 0.25) is 5.02 Å². The van der Waals surface area contributed by atoms with Gasteiger partial charge in [0.25, 0.3) is 0 Å². The smallest absolute Gasteiger partial charge is 0.336 e. The summed E-state index contributed by atoms with van der Waals surface area (Å²) in [6.07, 6.45) is 5.16. The third kappa shape index (κ3) is 4.30. The van der Waals surface area contributed by atoms with Crippen LogP contribution in [0, 0.1) is 12.8 Å². The molecular formula is C28H25BrClNO4.